The van der Waals surface area contributed by atoms with Gasteiger partial charge in [0.05, 0.1) is 0 Å². The van der Waals surface area contributed by atoms with Crippen LogP contribution in [0, 0.1) is 5.41 Å². The Labute approximate surface area is 96.6 Å². The second-order valence-corrected chi connectivity index (χ2v) is 9.41. The van der Waals surface area contributed by atoms with Gasteiger partial charge in [0.1, 0.15) is 0 Å². The molecule has 0 radical (unpaired) electrons. The van der Waals surface area contributed by atoms with E-state index in [2.05, 4.69) is 41.2 Å². The summed E-state index contributed by atoms with van der Waals surface area (Å²) in [5.41, 5.74) is 0.193. The van der Waals surface area contributed by atoms with Crippen molar-refractivity contribution in [3.8, 4) is 0 Å². The Morgan fingerprint density at radius 3 is 1.40 bits per heavy atom. The summed E-state index contributed by atoms with van der Waals surface area (Å²) in [7, 11) is -2.11. The molecule has 0 amide bonds. The molecule has 0 atom stereocenters. The maximum Gasteiger partial charge on any atom is 0.341 e. The summed E-state index contributed by atoms with van der Waals surface area (Å²) >= 11 is 0. The SMILES string of the molecule is CCO[Si](C)(OCC)C(C)(C)C(C)(C)C. The van der Waals surface area contributed by atoms with E-state index in [1.54, 1.807) is 0 Å². The predicted molar refractivity (Wildman–Crippen MR) is 68.4 cm³/mol. The zero-order chi connectivity index (χ0) is 12.3. The molecule has 0 spiro atoms. The van der Waals surface area contributed by atoms with Gasteiger partial charge in [-0.25, -0.2) is 0 Å². The molecule has 92 valence electrons. The number of hydrogen-bond acceptors (Lipinski definition) is 2. The van der Waals surface area contributed by atoms with Gasteiger partial charge in [-0.15, -0.1) is 0 Å². The highest BCUT2D eigenvalue weighted by molar-refractivity contribution is 6.69. The van der Waals surface area contributed by atoms with Gasteiger partial charge in [0.15, 0.2) is 0 Å². The molecule has 0 aromatic rings. The number of hydrogen-bond donors (Lipinski definition) is 0. The zero-order valence-corrected chi connectivity index (χ0v) is 12.7. The van der Waals surface area contributed by atoms with Crippen LogP contribution in [-0.4, -0.2) is 21.8 Å². The molecule has 3 heteroatoms. The molecule has 0 fully saturated rings. The molecule has 0 saturated carbocycles. The minimum Gasteiger partial charge on any atom is -0.394 e. The molecule has 0 saturated heterocycles. The summed E-state index contributed by atoms with van der Waals surface area (Å²) in [5.74, 6) is 0. The van der Waals surface area contributed by atoms with E-state index in [4.69, 9.17) is 8.85 Å². The van der Waals surface area contributed by atoms with Crippen LogP contribution < -0.4 is 0 Å². The minimum atomic E-state index is -2.11. The van der Waals surface area contributed by atoms with Crippen molar-refractivity contribution >= 4 is 8.56 Å². The lowest BCUT2D eigenvalue weighted by Gasteiger charge is -2.48. The molecule has 0 heterocycles. The van der Waals surface area contributed by atoms with Crippen molar-refractivity contribution in [3.63, 3.8) is 0 Å². The van der Waals surface area contributed by atoms with Crippen LogP contribution in [0.25, 0.3) is 0 Å². The molecular weight excluding hydrogens is 204 g/mol. The molecule has 15 heavy (non-hydrogen) atoms. The summed E-state index contributed by atoms with van der Waals surface area (Å²) in [6.45, 7) is 19.1. The molecule has 0 N–H and O–H groups in total. The van der Waals surface area contributed by atoms with Crippen LogP contribution in [0.15, 0.2) is 0 Å². The molecule has 0 aliphatic carbocycles. The normalized spacial score (nSPS) is 14.4. The van der Waals surface area contributed by atoms with Crippen molar-refractivity contribution in [2.24, 2.45) is 5.41 Å². The standard InChI is InChI=1S/C12H28O2Si/c1-9-13-15(8,14-10-2)12(6,7)11(3,4)5/h9-10H2,1-8H3. The first-order valence-corrected chi connectivity index (χ1v) is 8.22. The van der Waals surface area contributed by atoms with Gasteiger partial charge >= 0.3 is 8.56 Å². The first kappa shape index (κ1) is 15.1. The summed E-state index contributed by atoms with van der Waals surface area (Å²) in [4.78, 5) is 0. The van der Waals surface area contributed by atoms with Gasteiger partial charge in [-0.05, 0) is 25.8 Å². The van der Waals surface area contributed by atoms with Crippen molar-refractivity contribution in [3.05, 3.63) is 0 Å². The average molecular weight is 232 g/mol. The van der Waals surface area contributed by atoms with E-state index in [9.17, 15) is 0 Å². The van der Waals surface area contributed by atoms with Gasteiger partial charge in [-0.3, -0.25) is 0 Å². The first-order chi connectivity index (χ1) is 6.62. The van der Waals surface area contributed by atoms with Gasteiger partial charge in [-0.2, -0.15) is 0 Å². The molecule has 0 bridgehead atoms. The Hall–Kier alpha value is 0.137. The van der Waals surface area contributed by atoms with Gasteiger partial charge < -0.3 is 8.85 Å². The van der Waals surface area contributed by atoms with Crippen LogP contribution in [0.5, 0.6) is 0 Å². The molecule has 0 aromatic heterocycles. The van der Waals surface area contributed by atoms with Crippen LogP contribution in [0.4, 0.5) is 0 Å². The summed E-state index contributed by atoms with van der Waals surface area (Å²) in [5, 5.41) is 0.0893. The van der Waals surface area contributed by atoms with Gasteiger partial charge in [0, 0.05) is 18.3 Å². The average Bonchev–Trinajstić information content (AvgIpc) is 2.02. The van der Waals surface area contributed by atoms with Gasteiger partial charge in [-0.1, -0.05) is 34.6 Å². The number of rotatable bonds is 5. The van der Waals surface area contributed by atoms with Crippen LogP contribution >= 0.6 is 0 Å². The maximum absolute atomic E-state index is 5.98. The molecular formula is C12H28O2Si. The van der Waals surface area contributed by atoms with Crippen LogP contribution in [0.1, 0.15) is 48.5 Å². The van der Waals surface area contributed by atoms with E-state index < -0.39 is 8.56 Å². The third-order valence-corrected chi connectivity index (χ3v) is 8.55. The van der Waals surface area contributed by atoms with Gasteiger partial charge in [0.2, 0.25) is 0 Å². The molecule has 0 aliphatic heterocycles. The Kier molecular flexibility index (Phi) is 5.02. The van der Waals surface area contributed by atoms with Crippen molar-refractivity contribution in [1.82, 2.24) is 0 Å². The topological polar surface area (TPSA) is 18.5 Å². The van der Waals surface area contributed by atoms with E-state index >= 15 is 0 Å². The summed E-state index contributed by atoms with van der Waals surface area (Å²) in [6.07, 6.45) is 0. The maximum atomic E-state index is 5.98. The van der Waals surface area contributed by atoms with E-state index in [1.165, 1.54) is 0 Å². The lowest BCUT2D eigenvalue weighted by atomic mass is 9.82. The quantitative estimate of drug-likeness (QED) is 0.668. The minimum absolute atomic E-state index is 0.0893. The largest absolute Gasteiger partial charge is 0.394 e. The fraction of sp³-hybridized carbons (Fsp3) is 1.00. The molecule has 0 aromatic carbocycles. The van der Waals surface area contributed by atoms with Crippen molar-refractivity contribution in [2.45, 2.75) is 60.1 Å². The van der Waals surface area contributed by atoms with Crippen LogP contribution in [0.2, 0.25) is 11.6 Å². The highest BCUT2D eigenvalue weighted by Gasteiger charge is 2.53. The van der Waals surface area contributed by atoms with E-state index in [-0.39, 0.29) is 10.5 Å². The zero-order valence-electron chi connectivity index (χ0n) is 11.7. The molecule has 2 nitrogen and oxygen atoms in total. The van der Waals surface area contributed by atoms with Crippen molar-refractivity contribution in [1.29, 1.82) is 0 Å². The Balaban J connectivity index is 5.05. The van der Waals surface area contributed by atoms with E-state index in [0.29, 0.717) is 0 Å². The van der Waals surface area contributed by atoms with Crippen molar-refractivity contribution in [2.75, 3.05) is 13.2 Å². The van der Waals surface area contributed by atoms with E-state index in [0.717, 1.165) is 13.2 Å². The highest BCUT2D eigenvalue weighted by Crippen LogP contribution is 2.52. The van der Waals surface area contributed by atoms with Crippen molar-refractivity contribution < 1.29 is 8.85 Å². The predicted octanol–water partition coefficient (Wildman–Crippen LogP) is 3.96. The third kappa shape index (κ3) is 3.05. The van der Waals surface area contributed by atoms with E-state index in [1.807, 2.05) is 13.8 Å². The lowest BCUT2D eigenvalue weighted by Crippen LogP contribution is -2.53. The lowest BCUT2D eigenvalue weighted by molar-refractivity contribution is 0.126. The molecule has 0 aliphatic rings. The molecule has 0 unspecified atom stereocenters. The second-order valence-electron chi connectivity index (χ2n) is 5.69. The van der Waals surface area contributed by atoms with Gasteiger partial charge in [0.25, 0.3) is 0 Å². The monoisotopic (exact) mass is 232 g/mol. The summed E-state index contributed by atoms with van der Waals surface area (Å²) in [6, 6.07) is 0. The third-order valence-electron chi connectivity index (χ3n) is 3.85. The van der Waals surface area contributed by atoms with Crippen LogP contribution in [-0.2, 0) is 8.85 Å². The fourth-order valence-corrected chi connectivity index (χ4v) is 4.90. The highest BCUT2D eigenvalue weighted by atomic mass is 28.4. The Morgan fingerprint density at radius 1 is 0.867 bits per heavy atom. The first-order valence-electron chi connectivity index (χ1n) is 5.90. The molecule has 0 rings (SSSR count). The Bertz CT molecular complexity index is 188. The Morgan fingerprint density at radius 2 is 1.20 bits per heavy atom. The van der Waals surface area contributed by atoms with Crippen LogP contribution in [0.3, 0.4) is 0 Å². The smallest absolute Gasteiger partial charge is 0.341 e. The fourth-order valence-electron chi connectivity index (χ4n) is 1.63. The summed E-state index contributed by atoms with van der Waals surface area (Å²) < 4.78 is 12.0. The second kappa shape index (κ2) is 4.98.